The molecule has 0 fully saturated rings. The Hall–Kier alpha value is -1.35. The Morgan fingerprint density at radius 1 is 1.22 bits per heavy atom. The van der Waals surface area contributed by atoms with Crippen LogP contribution in [0.3, 0.4) is 0 Å². The van der Waals surface area contributed by atoms with E-state index in [1.54, 1.807) is 12.1 Å². The third-order valence-electron chi connectivity index (χ3n) is 1.93. The Morgan fingerprint density at radius 3 is 2.17 bits per heavy atom. The molecule has 0 unspecified atom stereocenters. The van der Waals surface area contributed by atoms with E-state index < -0.39 is 10.1 Å². The van der Waals surface area contributed by atoms with Crippen molar-refractivity contribution in [2.75, 3.05) is 6.54 Å². The molecule has 0 spiro atoms. The molecule has 1 aromatic carbocycles. The van der Waals surface area contributed by atoms with E-state index in [2.05, 4.69) is 24.5 Å². The Balaban J connectivity index is 0.000000360. The molecule has 0 atom stereocenters. The van der Waals surface area contributed by atoms with Gasteiger partial charge in [-0.2, -0.15) is 0 Å². The Kier molecular flexibility index (Phi) is 8.05. The molecule has 1 aromatic rings. The minimum Gasteiger partial charge on any atom is -0.744 e. The highest BCUT2D eigenvalue weighted by atomic mass is 32.2. The summed E-state index contributed by atoms with van der Waals surface area (Å²) >= 11 is 0. The third kappa shape index (κ3) is 7.85. The van der Waals surface area contributed by atoms with E-state index in [0.29, 0.717) is 0 Å². The van der Waals surface area contributed by atoms with Gasteiger partial charge in [0.25, 0.3) is 0 Å². The molecule has 1 rings (SSSR count). The van der Waals surface area contributed by atoms with E-state index in [0.717, 1.165) is 24.9 Å². The van der Waals surface area contributed by atoms with E-state index in [-0.39, 0.29) is 4.90 Å². The molecule has 0 radical (unpaired) electrons. The second-order valence-electron chi connectivity index (χ2n) is 3.62. The summed E-state index contributed by atoms with van der Waals surface area (Å²) in [7, 11) is -4.27. The van der Waals surface area contributed by atoms with Gasteiger partial charge in [-0.25, -0.2) is 8.42 Å². The largest absolute Gasteiger partial charge is 0.744 e. The number of unbranched alkanes of at least 4 members (excludes halogenated alkanes) is 1. The van der Waals surface area contributed by atoms with Crippen LogP contribution in [0.1, 0.15) is 25.3 Å². The number of hydrogen-bond donors (Lipinski definition) is 1. The molecule has 0 heterocycles. The number of hydrogen-bond acceptors (Lipinski definition) is 3. The SMILES string of the molecule is CCCC#CC[NH3+].Cc1ccc(S(=O)(=O)[O-])cc1. The average molecular weight is 269 g/mol. The summed E-state index contributed by atoms with van der Waals surface area (Å²) in [6.07, 6.45) is 2.18. The van der Waals surface area contributed by atoms with Crippen LogP contribution >= 0.6 is 0 Å². The number of quaternary nitrogens is 1. The second-order valence-corrected chi connectivity index (χ2v) is 5.00. The van der Waals surface area contributed by atoms with E-state index in [9.17, 15) is 13.0 Å². The summed E-state index contributed by atoms with van der Waals surface area (Å²) in [5.74, 6) is 5.86. The zero-order valence-corrected chi connectivity index (χ0v) is 11.6. The van der Waals surface area contributed by atoms with Crippen LogP contribution in [0.2, 0.25) is 0 Å². The van der Waals surface area contributed by atoms with Gasteiger partial charge in [0.15, 0.2) is 0 Å². The van der Waals surface area contributed by atoms with Gasteiger partial charge in [-0.1, -0.05) is 30.5 Å². The van der Waals surface area contributed by atoms with Crippen molar-refractivity contribution in [1.82, 2.24) is 0 Å². The van der Waals surface area contributed by atoms with Crippen LogP contribution in [0.25, 0.3) is 0 Å². The van der Waals surface area contributed by atoms with Gasteiger partial charge in [-0.05, 0) is 31.4 Å². The molecule has 0 aromatic heterocycles. The molecule has 5 heteroatoms. The molecule has 0 amide bonds. The van der Waals surface area contributed by atoms with Crippen molar-refractivity contribution in [1.29, 1.82) is 0 Å². The van der Waals surface area contributed by atoms with Gasteiger partial charge in [-0.15, -0.1) is 0 Å². The lowest BCUT2D eigenvalue weighted by atomic mass is 10.2. The molecular weight excluding hydrogens is 250 g/mol. The lowest BCUT2D eigenvalue weighted by Gasteiger charge is -2.05. The third-order valence-corrected chi connectivity index (χ3v) is 2.78. The highest BCUT2D eigenvalue weighted by Crippen LogP contribution is 2.08. The summed E-state index contributed by atoms with van der Waals surface area (Å²) < 4.78 is 31.2. The van der Waals surface area contributed by atoms with Crippen LogP contribution in [0.5, 0.6) is 0 Å². The van der Waals surface area contributed by atoms with Gasteiger partial charge in [0, 0.05) is 6.42 Å². The Morgan fingerprint density at radius 2 is 1.78 bits per heavy atom. The second kappa shape index (κ2) is 8.70. The molecule has 18 heavy (non-hydrogen) atoms. The van der Waals surface area contributed by atoms with Crippen LogP contribution < -0.4 is 5.73 Å². The first-order valence-electron chi connectivity index (χ1n) is 5.69. The molecule has 0 bridgehead atoms. The van der Waals surface area contributed by atoms with Gasteiger partial charge in [-0.3, -0.25) is 0 Å². The molecule has 100 valence electrons. The standard InChI is InChI=1S/C7H8O3S.C6H11N/c1-6-2-4-7(5-3-6)11(8,9)10;1-2-3-4-5-6-7/h2-5H,1H3,(H,8,9,10);2-3,6-7H2,1H3. The van der Waals surface area contributed by atoms with Crippen molar-refractivity contribution in [3.8, 4) is 11.8 Å². The summed E-state index contributed by atoms with van der Waals surface area (Å²) in [6, 6.07) is 5.78. The first kappa shape index (κ1) is 16.6. The zero-order valence-electron chi connectivity index (χ0n) is 10.8. The van der Waals surface area contributed by atoms with Gasteiger partial charge >= 0.3 is 0 Å². The fourth-order valence-electron chi connectivity index (χ4n) is 1.01. The van der Waals surface area contributed by atoms with Gasteiger partial charge < -0.3 is 10.3 Å². The maximum absolute atomic E-state index is 10.4. The molecule has 0 saturated heterocycles. The van der Waals surface area contributed by atoms with E-state index in [4.69, 9.17) is 0 Å². The predicted molar refractivity (Wildman–Crippen MR) is 69.6 cm³/mol. The number of benzene rings is 1. The van der Waals surface area contributed by atoms with E-state index >= 15 is 0 Å². The molecule has 0 aliphatic rings. The van der Waals surface area contributed by atoms with Crippen LogP contribution in [0, 0.1) is 18.8 Å². The predicted octanol–water partition coefficient (Wildman–Crippen LogP) is 0.931. The van der Waals surface area contributed by atoms with Crippen LogP contribution in [-0.4, -0.2) is 19.5 Å². The van der Waals surface area contributed by atoms with Gasteiger partial charge in [0.2, 0.25) is 0 Å². The Bertz CT molecular complexity index is 495. The van der Waals surface area contributed by atoms with E-state index in [1.165, 1.54) is 12.1 Å². The zero-order chi connectivity index (χ0) is 14.0. The lowest BCUT2D eigenvalue weighted by Crippen LogP contribution is -2.49. The minimum atomic E-state index is -4.27. The van der Waals surface area contributed by atoms with Crippen LogP contribution in [0.15, 0.2) is 29.2 Å². The summed E-state index contributed by atoms with van der Waals surface area (Å²) in [6.45, 7) is 4.69. The monoisotopic (exact) mass is 269 g/mol. The fraction of sp³-hybridized carbons (Fsp3) is 0.385. The molecule has 0 aliphatic carbocycles. The number of aryl methyl sites for hydroxylation is 1. The van der Waals surface area contributed by atoms with Crippen molar-refractivity contribution >= 4 is 10.1 Å². The first-order chi connectivity index (χ1) is 8.41. The van der Waals surface area contributed by atoms with Gasteiger partial charge in [0.1, 0.15) is 16.7 Å². The maximum atomic E-state index is 10.4. The van der Waals surface area contributed by atoms with Crippen molar-refractivity contribution in [2.24, 2.45) is 0 Å². The topological polar surface area (TPSA) is 84.8 Å². The summed E-state index contributed by atoms with van der Waals surface area (Å²) in [4.78, 5) is -0.178. The maximum Gasteiger partial charge on any atom is 0.136 e. The highest BCUT2D eigenvalue weighted by Gasteiger charge is 1.97. The smallest absolute Gasteiger partial charge is 0.136 e. The lowest BCUT2D eigenvalue weighted by molar-refractivity contribution is -0.349. The number of rotatable bonds is 2. The van der Waals surface area contributed by atoms with Gasteiger partial charge in [0.05, 0.1) is 4.90 Å². The molecular formula is C13H19NO3S. The van der Waals surface area contributed by atoms with Crippen molar-refractivity contribution < 1.29 is 18.7 Å². The molecule has 4 nitrogen and oxygen atoms in total. The van der Waals surface area contributed by atoms with Crippen LogP contribution in [0.4, 0.5) is 0 Å². The van der Waals surface area contributed by atoms with Crippen LogP contribution in [-0.2, 0) is 10.1 Å². The normalized spacial score (nSPS) is 9.78. The minimum absolute atomic E-state index is 0.178. The summed E-state index contributed by atoms with van der Waals surface area (Å²) in [5.41, 5.74) is 4.51. The first-order valence-corrected chi connectivity index (χ1v) is 7.10. The van der Waals surface area contributed by atoms with E-state index in [1.807, 2.05) is 6.92 Å². The summed E-state index contributed by atoms with van der Waals surface area (Å²) in [5, 5.41) is 0. The molecule has 0 saturated carbocycles. The molecule has 3 N–H and O–H groups in total. The van der Waals surface area contributed by atoms with Crippen molar-refractivity contribution in [3.05, 3.63) is 29.8 Å². The molecule has 0 aliphatic heterocycles. The quantitative estimate of drug-likeness (QED) is 0.640. The highest BCUT2D eigenvalue weighted by molar-refractivity contribution is 7.85. The fourth-order valence-corrected chi connectivity index (χ4v) is 1.48. The average Bonchev–Trinajstić information content (AvgIpc) is 2.30. The van der Waals surface area contributed by atoms with Crippen molar-refractivity contribution in [3.63, 3.8) is 0 Å². The Labute approximate surface area is 109 Å². The van der Waals surface area contributed by atoms with Crippen molar-refractivity contribution in [2.45, 2.75) is 31.6 Å².